The van der Waals surface area contributed by atoms with Crippen LogP contribution in [0.25, 0.3) is 0 Å². The Morgan fingerprint density at radius 2 is 1.87 bits per heavy atom. The summed E-state index contributed by atoms with van der Waals surface area (Å²) < 4.78 is 43.1. The summed E-state index contributed by atoms with van der Waals surface area (Å²) in [6.45, 7) is 2.36. The molecule has 1 aromatic heterocycles. The van der Waals surface area contributed by atoms with Crippen LogP contribution in [0.3, 0.4) is 0 Å². The summed E-state index contributed by atoms with van der Waals surface area (Å²) in [6.07, 6.45) is -2.95. The number of aromatic nitrogens is 1. The summed E-state index contributed by atoms with van der Waals surface area (Å²) in [5.41, 5.74) is 0.0821. The largest absolute Gasteiger partial charge is 0.497 e. The average Bonchev–Trinajstić information content (AvgIpc) is 2.73. The van der Waals surface area contributed by atoms with Crippen molar-refractivity contribution in [1.82, 2.24) is 15.2 Å². The summed E-state index contributed by atoms with van der Waals surface area (Å²) in [4.78, 5) is 29.4. The molecule has 1 fully saturated rings. The lowest BCUT2D eigenvalue weighted by molar-refractivity contribution is -0.141. The van der Waals surface area contributed by atoms with E-state index in [4.69, 9.17) is 4.74 Å². The highest BCUT2D eigenvalue weighted by atomic mass is 19.4. The standard InChI is InChI=1S/C21H23F3N4O3/c1-13(29)28-10-9-17(14-3-6-16(31-2)7-4-14)18(12-28)27-20(30)26-15-5-8-19(25-11-15)21(22,23)24/h3-8,11,17-18H,9-10,12H2,1-2H3,(H2,26,27,30)/t17-,18+/m1/s1. The van der Waals surface area contributed by atoms with Crippen LogP contribution in [0.1, 0.15) is 30.5 Å². The number of hydrogen-bond donors (Lipinski definition) is 2. The van der Waals surface area contributed by atoms with Gasteiger partial charge >= 0.3 is 12.2 Å². The van der Waals surface area contributed by atoms with Crippen molar-refractivity contribution in [3.8, 4) is 5.75 Å². The van der Waals surface area contributed by atoms with Gasteiger partial charge in [0, 0.05) is 25.9 Å². The number of likely N-dealkylation sites (tertiary alicyclic amines) is 1. The van der Waals surface area contributed by atoms with E-state index in [2.05, 4.69) is 15.6 Å². The number of urea groups is 1. The molecular weight excluding hydrogens is 413 g/mol. The second-order valence-electron chi connectivity index (χ2n) is 7.27. The minimum atomic E-state index is -4.55. The lowest BCUT2D eigenvalue weighted by atomic mass is 9.85. The van der Waals surface area contributed by atoms with E-state index in [9.17, 15) is 22.8 Å². The second-order valence-corrected chi connectivity index (χ2v) is 7.27. The maximum atomic E-state index is 12.6. The first-order chi connectivity index (χ1) is 14.7. The molecule has 3 amide bonds. The average molecular weight is 436 g/mol. The zero-order valence-corrected chi connectivity index (χ0v) is 17.1. The van der Waals surface area contributed by atoms with E-state index in [0.717, 1.165) is 23.9 Å². The number of halogens is 3. The third kappa shape index (κ3) is 5.65. The van der Waals surface area contributed by atoms with E-state index in [1.54, 1.807) is 12.0 Å². The Labute approximate surface area is 177 Å². The predicted octanol–water partition coefficient (Wildman–Crippen LogP) is 3.64. The first-order valence-electron chi connectivity index (χ1n) is 9.67. The number of carbonyl (C=O) groups is 2. The fourth-order valence-corrected chi connectivity index (χ4v) is 3.61. The molecule has 1 aliphatic heterocycles. The van der Waals surface area contributed by atoms with Crippen LogP contribution in [-0.2, 0) is 11.0 Å². The number of pyridine rings is 1. The number of piperidine rings is 1. The molecular formula is C21H23F3N4O3. The molecule has 0 radical (unpaired) electrons. The molecule has 1 saturated heterocycles. The van der Waals surface area contributed by atoms with E-state index >= 15 is 0 Å². The van der Waals surface area contributed by atoms with E-state index in [1.165, 1.54) is 6.92 Å². The number of nitrogens with zero attached hydrogens (tertiary/aromatic N) is 2. The minimum Gasteiger partial charge on any atom is -0.497 e. The number of methoxy groups -OCH3 is 1. The highest BCUT2D eigenvalue weighted by Gasteiger charge is 2.33. The molecule has 2 heterocycles. The van der Waals surface area contributed by atoms with Crippen molar-refractivity contribution >= 4 is 17.6 Å². The van der Waals surface area contributed by atoms with Gasteiger partial charge in [-0.2, -0.15) is 13.2 Å². The molecule has 0 unspecified atom stereocenters. The van der Waals surface area contributed by atoms with Gasteiger partial charge in [0.2, 0.25) is 5.91 Å². The van der Waals surface area contributed by atoms with Crippen LogP contribution in [0.2, 0.25) is 0 Å². The van der Waals surface area contributed by atoms with Gasteiger partial charge in [0.1, 0.15) is 11.4 Å². The Morgan fingerprint density at radius 1 is 1.16 bits per heavy atom. The molecule has 2 N–H and O–H groups in total. The molecule has 2 atom stereocenters. The van der Waals surface area contributed by atoms with Crippen LogP contribution in [0.15, 0.2) is 42.6 Å². The second kappa shape index (κ2) is 9.23. The molecule has 3 rings (SSSR count). The van der Waals surface area contributed by atoms with Crippen LogP contribution >= 0.6 is 0 Å². The molecule has 0 bridgehead atoms. The Balaban J connectivity index is 1.72. The van der Waals surface area contributed by atoms with Crippen molar-refractivity contribution in [2.45, 2.75) is 31.5 Å². The molecule has 0 aliphatic carbocycles. The smallest absolute Gasteiger partial charge is 0.433 e. The van der Waals surface area contributed by atoms with Crippen LogP contribution < -0.4 is 15.4 Å². The van der Waals surface area contributed by atoms with Crippen molar-refractivity contribution < 1.29 is 27.5 Å². The predicted molar refractivity (Wildman–Crippen MR) is 108 cm³/mol. The summed E-state index contributed by atoms with van der Waals surface area (Å²) in [6, 6.07) is 8.46. The minimum absolute atomic E-state index is 0.0435. The number of hydrogen-bond acceptors (Lipinski definition) is 4. The molecule has 2 aromatic rings. The third-order valence-electron chi connectivity index (χ3n) is 5.23. The SMILES string of the molecule is COc1ccc([C@H]2CCN(C(C)=O)C[C@@H]2NC(=O)Nc2ccc(C(F)(F)F)nc2)cc1. The summed E-state index contributed by atoms with van der Waals surface area (Å²) in [5, 5.41) is 5.35. The van der Waals surface area contributed by atoms with E-state index in [1.807, 2.05) is 24.3 Å². The molecule has 0 saturated carbocycles. The van der Waals surface area contributed by atoms with Crippen molar-refractivity contribution in [1.29, 1.82) is 0 Å². The van der Waals surface area contributed by atoms with Crippen molar-refractivity contribution in [3.63, 3.8) is 0 Å². The molecule has 166 valence electrons. The number of rotatable bonds is 4. The Bertz CT molecular complexity index is 917. The third-order valence-corrected chi connectivity index (χ3v) is 5.23. The fourth-order valence-electron chi connectivity index (χ4n) is 3.61. The Hall–Kier alpha value is -3.30. The molecule has 31 heavy (non-hydrogen) atoms. The van der Waals surface area contributed by atoms with Gasteiger partial charge in [0.05, 0.1) is 25.0 Å². The zero-order chi connectivity index (χ0) is 22.6. The molecule has 0 spiro atoms. The van der Waals surface area contributed by atoms with Gasteiger partial charge in [-0.3, -0.25) is 4.79 Å². The van der Waals surface area contributed by atoms with Crippen LogP contribution in [-0.4, -0.2) is 48.1 Å². The van der Waals surface area contributed by atoms with E-state index in [0.29, 0.717) is 25.3 Å². The van der Waals surface area contributed by atoms with Crippen LogP contribution in [0, 0.1) is 0 Å². The maximum absolute atomic E-state index is 12.6. The Kier molecular flexibility index (Phi) is 6.67. The summed E-state index contributed by atoms with van der Waals surface area (Å²) in [5.74, 6) is 0.576. The number of nitrogens with one attached hydrogen (secondary N) is 2. The van der Waals surface area contributed by atoms with E-state index < -0.39 is 17.9 Å². The van der Waals surface area contributed by atoms with Crippen molar-refractivity contribution in [2.24, 2.45) is 0 Å². The zero-order valence-electron chi connectivity index (χ0n) is 17.1. The molecule has 1 aromatic carbocycles. The van der Waals surface area contributed by atoms with Crippen LogP contribution in [0.5, 0.6) is 5.75 Å². The number of benzene rings is 1. The normalized spacial score (nSPS) is 18.9. The van der Waals surface area contributed by atoms with Crippen molar-refractivity contribution in [2.75, 3.05) is 25.5 Å². The van der Waals surface area contributed by atoms with E-state index in [-0.39, 0.29) is 23.6 Å². The van der Waals surface area contributed by atoms with Crippen molar-refractivity contribution in [3.05, 3.63) is 53.9 Å². The monoisotopic (exact) mass is 436 g/mol. The van der Waals surface area contributed by atoms with Gasteiger partial charge < -0.3 is 20.3 Å². The highest BCUT2D eigenvalue weighted by molar-refractivity contribution is 5.89. The lowest BCUT2D eigenvalue weighted by Crippen LogP contribution is -2.53. The van der Waals surface area contributed by atoms with Gasteiger partial charge in [0.25, 0.3) is 0 Å². The Morgan fingerprint density at radius 3 is 2.42 bits per heavy atom. The topological polar surface area (TPSA) is 83.6 Å². The number of carbonyl (C=O) groups excluding carboxylic acids is 2. The first-order valence-corrected chi connectivity index (χ1v) is 9.67. The highest BCUT2D eigenvalue weighted by Crippen LogP contribution is 2.30. The first kappa shape index (κ1) is 22.4. The van der Waals surface area contributed by atoms with Gasteiger partial charge in [0.15, 0.2) is 0 Å². The van der Waals surface area contributed by atoms with Gasteiger partial charge in [-0.25, -0.2) is 9.78 Å². The number of anilines is 1. The van der Waals surface area contributed by atoms with Gasteiger partial charge in [-0.15, -0.1) is 0 Å². The molecule has 1 aliphatic rings. The lowest BCUT2D eigenvalue weighted by Gasteiger charge is -2.38. The molecule has 10 heteroatoms. The fraction of sp³-hybridized carbons (Fsp3) is 0.381. The summed E-state index contributed by atoms with van der Waals surface area (Å²) >= 11 is 0. The molecule has 7 nitrogen and oxygen atoms in total. The van der Waals surface area contributed by atoms with Gasteiger partial charge in [-0.05, 0) is 36.2 Å². The number of ether oxygens (including phenoxy) is 1. The maximum Gasteiger partial charge on any atom is 0.433 e. The quantitative estimate of drug-likeness (QED) is 0.767. The van der Waals surface area contributed by atoms with Gasteiger partial charge in [-0.1, -0.05) is 12.1 Å². The summed E-state index contributed by atoms with van der Waals surface area (Å²) in [7, 11) is 1.57. The number of amides is 3. The number of alkyl halides is 3. The van der Waals surface area contributed by atoms with Crippen LogP contribution in [0.4, 0.5) is 23.7 Å².